The topological polar surface area (TPSA) is 284 Å². The van der Waals surface area contributed by atoms with E-state index in [-0.39, 0.29) is 30.8 Å². The van der Waals surface area contributed by atoms with Crippen LogP contribution in [0, 0.1) is 0 Å². The summed E-state index contributed by atoms with van der Waals surface area (Å²) in [5.41, 5.74) is 10.6. The van der Waals surface area contributed by atoms with Crippen molar-refractivity contribution in [3.63, 3.8) is 0 Å². The highest BCUT2D eigenvalue weighted by molar-refractivity contribution is 5.97. The number of ether oxygens (including phenoxy) is 2. The quantitative estimate of drug-likeness (QED) is 0.0652. The van der Waals surface area contributed by atoms with Gasteiger partial charge in [0.1, 0.15) is 18.2 Å². The number of aliphatic carboxylic acids is 1. The molecule has 0 radical (unpaired) electrons. The molecule has 77 heavy (non-hydrogen) atoms. The first-order valence-electron chi connectivity index (χ1n) is 27.6. The van der Waals surface area contributed by atoms with Gasteiger partial charge in [0.2, 0.25) is 11.9 Å². The molecule has 2 aromatic heterocycles. The Balaban J connectivity index is 0.957. The Bertz CT molecular complexity index is 2420. The summed E-state index contributed by atoms with van der Waals surface area (Å²) in [6.07, 6.45) is 13.5. The molecule has 2 aromatic carbocycles. The minimum Gasteiger partial charge on any atom is -0.480 e. The van der Waals surface area contributed by atoms with Crippen LogP contribution in [0.1, 0.15) is 111 Å². The lowest BCUT2D eigenvalue weighted by Crippen LogP contribution is -2.47. The number of hydrogen-bond acceptors (Lipinski definition) is 18. The van der Waals surface area contributed by atoms with Crippen LogP contribution in [0.2, 0.25) is 0 Å². The lowest BCUT2D eigenvalue weighted by molar-refractivity contribution is -0.146. The fourth-order valence-electron chi connectivity index (χ4n) is 9.29. The Morgan fingerprint density at radius 1 is 0.675 bits per heavy atom. The van der Waals surface area contributed by atoms with Crippen LogP contribution in [0.4, 0.5) is 16.4 Å². The molecule has 0 aliphatic carbocycles. The molecule has 4 heterocycles. The smallest absolute Gasteiger partial charge is 0.409 e. The Morgan fingerprint density at radius 3 is 1.95 bits per heavy atom. The van der Waals surface area contributed by atoms with E-state index in [1.807, 2.05) is 0 Å². The number of carbonyl (C=O) groups excluding carboxylic acids is 4. The summed E-state index contributed by atoms with van der Waals surface area (Å²) in [7, 11) is 1.18. The van der Waals surface area contributed by atoms with Gasteiger partial charge in [-0.05, 0) is 133 Å². The third-order valence-corrected chi connectivity index (χ3v) is 13.7. The summed E-state index contributed by atoms with van der Waals surface area (Å²) < 4.78 is 10.7. The van der Waals surface area contributed by atoms with Crippen molar-refractivity contribution in [1.82, 2.24) is 61.2 Å². The maximum atomic E-state index is 13.8. The standard InChI is InChI=1S/C55H82N14O8/c1-76-53(74)48(64-49(70)14-10-13-46(52(72)73)65-51(71)43-19-21-44(22-20-43)60-35-45-36-61-50-47(63-45)37-62-54(56)66-50)40-77-55(75)69-32-12-26-57-23-6-2-5-9-30-68(33-34-69)39-42-17-15-41(16-18-42)38-67-29-8-4-3-7-24-58-27-28-59-25-11-31-67/h15-22,36-37,46,48,57-60H,2-14,23-35,38-40H2,1H3,(H,64,70)(H,65,71)(H,72,73)(H2,56,61,62,66). The second kappa shape index (κ2) is 33.5. The molecule has 0 saturated carbocycles. The average Bonchev–Trinajstić information content (AvgIpc) is 3.43. The van der Waals surface area contributed by atoms with E-state index in [0.29, 0.717) is 55.1 Å². The molecule has 2 saturated heterocycles. The fraction of sp³-hybridized carbons (Fsp3) is 0.582. The molecule has 0 bridgehead atoms. The third kappa shape index (κ3) is 22.1. The van der Waals surface area contributed by atoms with Crippen LogP contribution >= 0.6 is 0 Å². The molecular weight excluding hydrogens is 985 g/mol. The highest BCUT2D eigenvalue weighted by Crippen LogP contribution is 2.16. The normalized spacial score (nSPS) is 17.4. The van der Waals surface area contributed by atoms with Gasteiger partial charge in [-0.1, -0.05) is 49.9 Å². The van der Waals surface area contributed by atoms with E-state index in [1.54, 1.807) is 35.4 Å². The van der Waals surface area contributed by atoms with Gasteiger partial charge in [-0.25, -0.2) is 29.3 Å². The molecule has 6 rings (SSSR count). The molecule has 2 atom stereocenters. The summed E-state index contributed by atoms with van der Waals surface area (Å²) in [5.74, 6) is -3.15. The van der Waals surface area contributed by atoms with E-state index in [1.165, 1.54) is 50.1 Å². The van der Waals surface area contributed by atoms with Gasteiger partial charge in [0, 0.05) is 63.5 Å². The summed E-state index contributed by atoms with van der Waals surface area (Å²) in [4.78, 5) is 88.5. The van der Waals surface area contributed by atoms with Crippen molar-refractivity contribution in [2.24, 2.45) is 0 Å². The fourth-order valence-corrected chi connectivity index (χ4v) is 9.29. The van der Waals surface area contributed by atoms with Gasteiger partial charge in [0.15, 0.2) is 11.7 Å². The van der Waals surface area contributed by atoms with Crippen molar-refractivity contribution in [2.45, 2.75) is 115 Å². The van der Waals surface area contributed by atoms with Crippen molar-refractivity contribution >= 4 is 52.6 Å². The number of nitrogens with zero attached hydrogens (tertiary/aromatic N) is 7. The number of nitrogen functional groups attached to an aromatic ring is 1. The van der Waals surface area contributed by atoms with Gasteiger partial charge in [-0.3, -0.25) is 19.4 Å². The minimum absolute atomic E-state index is 0.0639. The van der Waals surface area contributed by atoms with E-state index in [2.05, 4.69) is 85.9 Å². The van der Waals surface area contributed by atoms with Gasteiger partial charge in [-0.2, -0.15) is 4.98 Å². The molecule has 2 unspecified atom stereocenters. The Hall–Kier alpha value is -6.59. The van der Waals surface area contributed by atoms with Gasteiger partial charge in [0.05, 0.1) is 31.7 Å². The number of benzene rings is 2. The molecule has 22 heteroatoms. The lowest BCUT2D eigenvalue weighted by atomic mass is 10.1. The second-order valence-electron chi connectivity index (χ2n) is 19.8. The number of anilines is 2. The second-order valence-corrected chi connectivity index (χ2v) is 19.8. The molecule has 9 N–H and O–H groups in total. The molecule has 22 nitrogen and oxygen atoms in total. The zero-order chi connectivity index (χ0) is 54.5. The van der Waals surface area contributed by atoms with Crippen molar-refractivity contribution < 1.29 is 38.6 Å². The first-order valence-corrected chi connectivity index (χ1v) is 27.6. The number of carboxylic acids is 1. The average molecular weight is 1070 g/mol. The van der Waals surface area contributed by atoms with Crippen LogP contribution in [0.15, 0.2) is 60.9 Å². The molecule has 0 spiro atoms. The molecule has 2 fully saturated rings. The van der Waals surface area contributed by atoms with Crippen molar-refractivity contribution in [2.75, 3.05) is 103 Å². The number of hydrogen-bond donors (Lipinski definition) is 8. The summed E-state index contributed by atoms with van der Waals surface area (Å²) in [6.45, 7) is 11.9. The number of nitrogens with one attached hydrogen (secondary N) is 6. The number of methoxy groups -OCH3 is 1. The lowest BCUT2D eigenvalue weighted by Gasteiger charge is -2.28. The van der Waals surface area contributed by atoms with Crippen LogP contribution in [0.5, 0.6) is 0 Å². The van der Waals surface area contributed by atoms with E-state index in [4.69, 9.17) is 15.2 Å². The summed E-state index contributed by atoms with van der Waals surface area (Å²) in [6, 6.07) is 12.9. The Morgan fingerprint density at radius 2 is 1.29 bits per heavy atom. The first-order chi connectivity index (χ1) is 37.5. The van der Waals surface area contributed by atoms with Crippen molar-refractivity contribution in [1.29, 1.82) is 0 Å². The Labute approximate surface area is 452 Å². The third-order valence-electron chi connectivity index (χ3n) is 13.7. The monoisotopic (exact) mass is 1070 g/mol. The number of aromatic nitrogens is 4. The Kier molecular flexibility index (Phi) is 26.0. The van der Waals surface area contributed by atoms with Crippen LogP contribution in [-0.4, -0.2) is 174 Å². The van der Waals surface area contributed by atoms with Crippen molar-refractivity contribution in [3.8, 4) is 0 Å². The van der Waals surface area contributed by atoms with Crippen LogP contribution < -0.4 is 37.6 Å². The van der Waals surface area contributed by atoms with Crippen LogP contribution in [0.3, 0.4) is 0 Å². The zero-order valence-corrected chi connectivity index (χ0v) is 44.9. The van der Waals surface area contributed by atoms with Crippen molar-refractivity contribution in [3.05, 3.63) is 83.3 Å². The number of carbonyl (C=O) groups is 5. The first kappa shape index (κ1) is 59.7. The molecule has 2 aliphatic heterocycles. The molecular formula is C55H82N14O8. The molecule has 420 valence electrons. The largest absolute Gasteiger partial charge is 0.480 e. The number of nitrogens with two attached hydrogens (primary N) is 1. The maximum Gasteiger partial charge on any atom is 0.409 e. The van der Waals surface area contributed by atoms with Gasteiger partial charge >= 0.3 is 18.0 Å². The molecule has 2 aliphatic rings. The van der Waals surface area contributed by atoms with E-state index < -0.39 is 48.5 Å². The zero-order valence-electron chi connectivity index (χ0n) is 44.9. The predicted octanol–water partition coefficient (Wildman–Crippen LogP) is 4.07. The van der Waals surface area contributed by atoms with E-state index in [0.717, 1.165) is 104 Å². The number of rotatable bonds is 18. The summed E-state index contributed by atoms with van der Waals surface area (Å²) >= 11 is 0. The van der Waals surface area contributed by atoms with Gasteiger partial charge < -0.3 is 57.1 Å². The predicted molar refractivity (Wildman–Crippen MR) is 295 cm³/mol. The highest BCUT2D eigenvalue weighted by atomic mass is 16.6. The number of amides is 3. The number of fused-ring (bicyclic) bond motifs is 1. The molecule has 4 aromatic rings. The van der Waals surface area contributed by atoms with E-state index in [9.17, 15) is 29.1 Å². The van der Waals surface area contributed by atoms with Crippen LogP contribution in [-0.2, 0) is 43.5 Å². The highest BCUT2D eigenvalue weighted by Gasteiger charge is 2.27. The number of carboxylic acid groups (broad SMARTS) is 1. The minimum atomic E-state index is -1.30. The maximum absolute atomic E-state index is 13.8. The summed E-state index contributed by atoms with van der Waals surface area (Å²) in [5, 5.41) is 28.8. The van der Waals surface area contributed by atoms with E-state index >= 15 is 0 Å². The SMILES string of the molecule is COC(=O)C(COC(=O)N1CCCNCCCCCCN(Cc2ccc(CN3CCCCCCNCCNCCC3)cc2)CC1)NC(=O)CCCC(NC(=O)c1ccc(NCc2cnc3nc(N)ncc3n2)cc1)C(=O)O. The number of esters is 1. The molecule has 3 amide bonds. The van der Waals surface area contributed by atoms with Crippen LogP contribution in [0.25, 0.3) is 11.2 Å². The van der Waals surface area contributed by atoms with Gasteiger partial charge in [-0.15, -0.1) is 0 Å². The van der Waals surface area contributed by atoms with Gasteiger partial charge in [0.25, 0.3) is 5.91 Å².